The number of aliphatic hydroxyl groups is 1. The third-order valence-corrected chi connectivity index (χ3v) is 5.17. The molecule has 0 bridgehead atoms. The first kappa shape index (κ1) is 22.2. The van der Waals surface area contributed by atoms with Gasteiger partial charge in [-0.2, -0.15) is 0 Å². The number of rotatable bonds is 7. The predicted molar refractivity (Wildman–Crippen MR) is 108 cm³/mol. The van der Waals surface area contributed by atoms with Crippen LogP contribution in [0.1, 0.15) is 23.7 Å². The van der Waals surface area contributed by atoms with E-state index in [1.165, 1.54) is 41.3 Å². The monoisotopic (exact) mass is 430 g/mol. The molecule has 0 aromatic heterocycles. The van der Waals surface area contributed by atoms with Crippen molar-refractivity contribution in [2.24, 2.45) is 5.41 Å². The van der Waals surface area contributed by atoms with Gasteiger partial charge in [0.1, 0.15) is 23.4 Å². The first-order valence-electron chi connectivity index (χ1n) is 9.65. The molecule has 0 aliphatic carbocycles. The van der Waals surface area contributed by atoms with Crippen molar-refractivity contribution in [1.29, 1.82) is 0 Å². The van der Waals surface area contributed by atoms with Crippen molar-refractivity contribution >= 4 is 17.8 Å². The molecular formula is C22H23FN2O6. The minimum atomic E-state index is -1.14. The van der Waals surface area contributed by atoms with Crippen LogP contribution in [-0.2, 0) is 9.59 Å². The fourth-order valence-corrected chi connectivity index (χ4v) is 3.43. The van der Waals surface area contributed by atoms with Crippen LogP contribution in [0, 0.1) is 11.2 Å². The number of ether oxygens (including phenoxy) is 1. The number of aliphatic hydroxyl groups excluding tert-OH is 1. The van der Waals surface area contributed by atoms with Gasteiger partial charge in [-0.05, 0) is 55.0 Å². The number of carbonyl (C=O) groups is 3. The molecule has 0 unspecified atom stereocenters. The highest BCUT2D eigenvalue weighted by atomic mass is 19.1. The Balaban J connectivity index is 1.57. The van der Waals surface area contributed by atoms with Crippen LogP contribution in [-0.4, -0.2) is 58.6 Å². The Labute approximate surface area is 178 Å². The third kappa shape index (κ3) is 5.37. The van der Waals surface area contributed by atoms with E-state index in [0.29, 0.717) is 11.5 Å². The molecule has 1 heterocycles. The molecule has 9 heteroatoms. The largest absolute Gasteiger partial charge is 0.480 e. The topological polar surface area (TPSA) is 116 Å². The highest BCUT2D eigenvalue weighted by Gasteiger charge is 2.45. The second kappa shape index (κ2) is 9.13. The fourth-order valence-electron chi connectivity index (χ4n) is 3.43. The van der Waals surface area contributed by atoms with Crippen LogP contribution in [0.4, 0.5) is 4.39 Å². The average molecular weight is 430 g/mol. The van der Waals surface area contributed by atoms with Crippen LogP contribution < -0.4 is 10.1 Å². The van der Waals surface area contributed by atoms with Crippen molar-refractivity contribution in [3.8, 4) is 11.5 Å². The van der Waals surface area contributed by atoms with Crippen molar-refractivity contribution in [3.63, 3.8) is 0 Å². The van der Waals surface area contributed by atoms with E-state index in [0.717, 1.165) is 0 Å². The minimum absolute atomic E-state index is 0.102. The predicted octanol–water partition coefficient (Wildman–Crippen LogP) is 2.03. The van der Waals surface area contributed by atoms with Gasteiger partial charge >= 0.3 is 5.97 Å². The van der Waals surface area contributed by atoms with Crippen LogP contribution >= 0.6 is 0 Å². The Morgan fingerprint density at radius 3 is 2.26 bits per heavy atom. The Kier molecular flexibility index (Phi) is 6.55. The summed E-state index contributed by atoms with van der Waals surface area (Å²) < 4.78 is 18.5. The molecule has 31 heavy (non-hydrogen) atoms. The van der Waals surface area contributed by atoms with Gasteiger partial charge in [-0.15, -0.1) is 0 Å². The lowest BCUT2D eigenvalue weighted by atomic mass is 9.89. The second-order valence-corrected chi connectivity index (χ2v) is 7.81. The van der Waals surface area contributed by atoms with E-state index in [9.17, 15) is 29.0 Å². The summed E-state index contributed by atoms with van der Waals surface area (Å²) in [6.07, 6.45) is 0.147. The number of carboxylic acid groups (broad SMARTS) is 1. The molecule has 2 aromatic carbocycles. The van der Waals surface area contributed by atoms with Gasteiger partial charge in [0.05, 0.1) is 13.2 Å². The summed E-state index contributed by atoms with van der Waals surface area (Å²) in [5.74, 6) is -1.67. The summed E-state index contributed by atoms with van der Waals surface area (Å²) in [5, 5.41) is 21.3. The first-order chi connectivity index (χ1) is 14.7. The molecule has 8 nitrogen and oxygen atoms in total. The van der Waals surface area contributed by atoms with Gasteiger partial charge < -0.3 is 25.2 Å². The highest BCUT2D eigenvalue weighted by Crippen LogP contribution is 2.34. The van der Waals surface area contributed by atoms with E-state index in [4.69, 9.17) is 4.74 Å². The summed E-state index contributed by atoms with van der Waals surface area (Å²) in [5.41, 5.74) is -0.404. The molecule has 164 valence electrons. The van der Waals surface area contributed by atoms with E-state index in [1.807, 2.05) is 0 Å². The number of hydrogen-bond acceptors (Lipinski definition) is 5. The summed E-state index contributed by atoms with van der Waals surface area (Å²) in [6, 6.07) is 10.6. The van der Waals surface area contributed by atoms with Crippen LogP contribution in [0.15, 0.2) is 48.5 Å². The van der Waals surface area contributed by atoms with Gasteiger partial charge in [-0.1, -0.05) is 6.92 Å². The van der Waals surface area contributed by atoms with Crippen molar-refractivity contribution in [3.05, 3.63) is 59.9 Å². The number of amides is 2. The number of carbonyl (C=O) groups excluding carboxylic acids is 2. The molecule has 3 rings (SSSR count). The zero-order valence-corrected chi connectivity index (χ0v) is 16.9. The van der Waals surface area contributed by atoms with Crippen LogP contribution in [0.2, 0.25) is 0 Å². The molecule has 1 aliphatic rings. The van der Waals surface area contributed by atoms with Crippen LogP contribution in [0.3, 0.4) is 0 Å². The maximum atomic E-state index is 12.9. The Morgan fingerprint density at radius 2 is 1.71 bits per heavy atom. The molecule has 0 spiro atoms. The number of hydrogen-bond donors (Lipinski definition) is 3. The van der Waals surface area contributed by atoms with E-state index in [1.54, 1.807) is 19.1 Å². The number of halogens is 1. The molecule has 2 atom stereocenters. The summed E-state index contributed by atoms with van der Waals surface area (Å²) in [7, 11) is 0. The summed E-state index contributed by atoms with van der Waals surface area (Å²) in [6.45, 7) is 1.21. The maximum Gasteiger partial charge on any atom is 0.326 e. The number of benzene rings is 2. The standard InChI is InChI=1S/C22H23FN2O6/c1-22(13-26)10-18(21(29)30)25(12-22)19(27)11-24-20(28)14-2-6-16(7-3-14)31-17-8-4-15(23)5-9-17/h2-9,18,26H,10-13H2,1H3,(H,24,28)(H,29,30)/t18-,22-/m0/s1. The normalized spacial score (nSPS) is 20.4. The summed E-state index contributed by atoms with van der Waals surface area (Å²) in [4.78, 5) is 37.5. The maximum absolute atomic E-state index is 12.9. The molecule has 2 amide bonds. The highest BCUT2D eigenvalue weighted by molar-refractivity contribution is 5.97. The molecule has 0 saturated carbocycles. The molecule has 1 aliphatic heterocycles. The Hall–Kier alpha value is -3.46. The third-order valence-electron chi connectivity index (χ3n) is 5.17. The van der Waals surface area contributed by atoms with E-state index < -0.39 is 29.2 Å². The summed E-state index contributed by atoms with van der Waals surface area (Å²) >= 11 is 0. The second-order valence-electron chi connectivity index (χ2n) is 7.81. The van der Waals surface area contributed by atoms with Crippen LogP contribution in [0.5, 0.6) is 11.5 Å². The van der Waals surface area contributed by atoms with Crippen molar-refractivity contribution < 1.29 is 33.7 Å². The Morgan fingerprint density at radius 1 is 1.13 bits per heavy atom. The SMILES string of the molecule is C[C@]1(CO)C[C@@H](C(=O)O)N(C(=O)CNC(=O)c2ccc(Oc3ccc(F)cc3)cc2)C1. The number of likely N-dealkylation sites (tertiary alicyclic amines) is 1. The van der Waals surface area contributed by atoms with Crippen LogP contribution in [0.25, 0.3) is 0 Å². The minimum Gasteiger partial charge on any atom is -0.480 e. The van der Waals surface area contributed by atoms with Gasteiger partial charge in [0.15, 0.2) is 0 Å². The van der Waals surface area contributed by atoms with E-state index in [-0.39, 0.29) is 37.5 Å². The van der Waals surface area contributed by atoms with Gasteiger partial charge in [-0.3, -0.25) is 9.59 Å². The quantitative estimate of drug-likeness (QED) is 0.619. The number of aliphatic carboxylic acids is 1. The first-order valence-corrected chi connectivity index (χ1v) is 9.65. The fraction of sp³-hybridized carbons (Fsp3) is 0.318. The lowest BCUT2D eigenvalue weighted by Gasteiger charge is -2.23. The smallest absolute Gasteiger partial charge is 0.326 e. The number of nitrogens with one attached hydrogen (secondary N) is 1. The van der Waals surface area contributed by atoms with Gasteiger partial charge in [0.25, 0.3) is 5.91 Å². The van der Waals surface area contributed by atoms with Crippen molar-refractivity contribution in [2.75, 3.05) is 19.7 Å². The van der Waals surface area contributed by atoms with Crippen molar-refractivity contribution in [2.45, 2.75) is 19.4 Å². The Bertz CT molecular complexity index is 963. The zero-order chi connectivity index (χ0) is 22.6. The van der Waals surface area contributed by atoms with Gasteiger partial charge in [0.2, 0.25) is 5.91 Å². The lowest BCUT2D eigenvalue weighted by Crippen LogP contribution is -2.45. The zero-order valence-electron chi connectivity index (χ0n) is 16.9. The lowest BCUT2D eigenvalue weighted by molar-refractivity contribution is -0.147. The molecule has 1 saturated heterocycles. The number of nitrogens with zero attached hydrogens (tertiary/aromatic N) is 1. The molecule has 0 radical (unpaired) electrons. The molecular weight excluding hydrogens is 407 g/mol. The van der Waals surface area contributed by atoms with E-state index in [2.05, 4.69) is 5.32 Å². The number of carboxylic acids is 1. The average Bonchev–Trinajstić information content (AvgIpc) is 3.13. The molecule has 3 N–H and O–H groups in total. The molecule has 1 fully saturated rings. The molecule has 2 aromatic rings. The van der Waals surface area contributed by atoms with Gasteiger partial charge in [0, 0.05) is 17.5 Å². The van der Waals surface area contributed by atoms with E-state index >= 15 is 0 Å². The van der Waals surface area contributed by atoms with Gasteiger partial charge in [-0.25, -0.2) is 9.18 Å². The van der Waals surface area contributed by atoms with Crippen molar-refractivity contribution in [1.82, 2.24) is 10.2 Å².